The number of carbonyl (C=O) groups is 1. The van der Waals surface area contributed by atoms with Gasteiger partial charge >= 0.3 is 0 Å². The number of carbonyl (C=O) groups excluding carboxylic acids is 1. The number of nitrogens with two attached hydrogens (primary N) is 1. The molecule has 1 amide bonds. The number of benzene rings is 1. The van der Waals surface area contributed by atoms with Crippen molar-refractivity contribution in [2.45, 2.75) is 26.2 Å². The molecule has 3 nitrogen and oxygen atoms in total. The summed E-state index contributed by atoms with van der Waals surface area (Å²) < 4.78 is 0. The maximum Gasteiger partial charge on any atom is 0.257 e. The molecule has 1 fully saturated rings. The monoisotopic (exact) mass is 266 g/mol. The van der Waals surface area contributed by atoms with E-state index in [2.05, 4.69) is 6.92 Å². The van der Waals surface area contributed by atoms with Gasteiger partial charge in [-0.3, -0.25) is 4.79 Å². The first kappa shape index (κ1) is 13.2. The molecule has 2 rings (SSSR count). The van der Waals surface area contributed by atoms with Crippen molar-refractivity contribution in [2.24, 2.45) is 5.92 Å². The minimum atomic E-state index is -0.0350. The summed E-state index contributed by atoms with van der Waals surface area (Å²) in [5.41, 5.74) is 6.78. The summed E-state index contributed by atoms with van der Waals surface area (Å²) in [7, 11) is 0. The minimum Gasteiger partial charge on any atom is -0.398 e. The van der Waals surface area contributed by atoms with Crippen LogP contribution >= 0.6 is 11.6 Å². The molecule has 4 heteroatoms. The fourth-order valence-corrected chi connectivity index (χ4v) is 2.65. The fraction of sp³-hybridized carbons (Fsp3) is 0.500. The summed E-state index contributed by atoms with van der Waals surface area (Å²) in [6.45, 7) is 3.83. The SMILES string of the molecule is CC1CCCN(C(=O)c2c(N)cccc2Cl)CC1. The quantitative estimate of drug-likeness (QED) is 0.794. The topological polar surface area (TPSA) is 46.3 Å². The van der Waals surface area contributed by atoms with Gasteiger partial charge in [0.25, 0.3) is 5.91 Å². The van der Waals surface area contributed by atoms with Gasteiger partial charge in [0.2, 0.25) is 0 Å². The van der Waals surface area contributed by atoms with Crippen molar-refractivity contribution in [3.63, 3.8) is 0 Å². The molecule has 1 aliphatic rings. The van der Waals surface area contributed by atoms with Crippen LogP contribution in [0.25, 0.3) is 0 Å². The van der Waals surface area contributed by atoms with Crippen LogP contribution in [0, 0.1) is 5.92 Å². The highest BCUT2D eigenvalue weighted by atomic mass is 35.5. The summed E-state index contributed by atoms with van der Waals surface area (Å²) in [4.78, 5) is 14.3. The average molecular weight is 267 g/mol. The Morgan fingerprint density at radius 1 is 1.39 bits per heavy atom. The molecular weight excluding hydrogens is 248 g/mol. The Morgan fingerprint density at radius 3 is 2.89 bits per heavy atom. The highest BCUT2D eigenvalue weighted by Crippen LogP contribution is 2.25. The lowest BCUT2D eigenvalue weighted by atomic mass is 10.0. The molecule has 0 spiro atoms. The van der Waals surface area contributed by atoms with E-state index in [4.69, 9.17) is 17.3 Å². The van der Waals surface area contributed by atoms with Crippen LogP contribution in [0.4, 0.5) is 5.69 Å². The first-order chi connectivity index (χ1) is 8.59. The standard InChI is InChI=1S/C14H19ClN2O/c1-10-4-3-8-17(9-7-10)14(18)13-11(15)5-2-6-12(13)16/h2,5-6,10H,3-4,7-9,16H2,1H3. The van der Waals surface area contributed by atoms with Crippen molar-refractivity contribution in [3.05, 3.63) is 28.8 Å². The molecule has 0 aromatic heterocycles. The number of halogens is 1. The summed E-state index contributed by atoms with van der Waals surface area (Å²) in [6.07, 6.45) is 3.29. The van der Waals surface area contributed by atoms with Crippen LogP contribution in [-0.2, 0) is 0 Å². The predicted molar refractivity (Wildman–Crippen MR) is 74.8 cm³/mol. The first-order valence-corrected chi connectivity index (χ1v) is 6.80. The van der Waals surface area contributed by atoms with Crippen LogP contribution in [0.1, 0.15) is 36.5 Å². The average Bonchev–Trinajstić information content (AvgIpc) is 2.53. The summed E-state index contributed by atoms with van der Waals surface area (Å²) >= 11 is 6.09. The Kier molecular flexibility index (Phi) is 4.12. The lowest BCUT2D eigenvalue weighted by Gasteiger charge is -2.21. The van der Waals surface area contributed by atoms with E-state index in [1.54, 1.807) is 18.2 Å². The molecule has 0 aliphatic carbocycles. The predicted octanol–water partition coefficient (Wildman–Crippen LogP) is 3.18. The van der Waals surface area contributed by atoms with Crippen molar-refractivity contribution < 1.29 is 4.79 Å². The molecular formula is C14H19ClN2O. The van der Waals surface area contributed by atoms with Gasteiger partial charge in [-0.2, -0.15) is 0 Å². The number of nitrogens with zero attached hydrogens (tertiary/aromatic N) is 1. The molecule has 0 bridgehead atoms. The molecule has 1 unspecified atom stereocenters. The van der Waals surface area contributed by atoms with Crippen LogP contribution in [0.3, 0.4) is 0 Å². The second-order valence-corrected chi connectivity index (χ2v) is 5.44. The van der Waals surface area contributed by atoms with Gasteiger partial charge in [-0.1, -0.05) is 24.6 Å². The number of amides is 1. The lowest BCUT2D eigenvalue weighted by Crippen LogP contribution is -2.32. The van der Waals surface area contributed by atoms with Crippen molar-refractivity contribution in [1.82, 2.24) is 4.90 Å². The van der Waals surface area contributed by atoms with Gasteiger partial charge in [0.15, 0.2) is 0 Å². The van der Waals surface area contributed by atoms with E-state index in [0.29, 0.717) is 22.2 Å². The lowest BCUT2D eigenvalue weighted by molar-refractivity contribution is 0.0761. The van der Waals surface area contributed by atoms with E-state index in [0.717, 1.165) is 25.9 Å². The third-order valence-corrected chi connectivity index (χ3v) is 3.88. The molecule has 18 heavy (non-hydrogen) atoms. The largest absolute Gasteiger partial charge is 0.398 e. The second-order valence-electron chi connectivity index (χ2n) is 5.03. The van der Waals surface area contributed by atoms with Gasteiger partial charge < -0.3 is 10.6 Å². The maximum atomic E-state index is 12.5. The van der Waals surface area contributed by atoms with Gasteiger partial charge in [-0.25, -0.2) is 0 Å². The second kappa shape index (κ2) is 5.61. The molecule has 1 heterocycles. The van der Waals surface area contributed by atoms with E-state index in [1.807, 2.05) is 4.90 Å². The van der Waals surface area contributed by atoms with Crippen molar-refractivity contribution in [1.29, 1.82) is 0 Å². The summed E-state index contributed by atoms with van der Waals surface area (Å²) in [6, 6.07) is 5.20. The number of likely N-dealkylation sites (tertiary alicyclic amines) is 1. The maximum absolute atomic E-state index is 12.5. The first-order valence-electron chi connectivity index (χ1n) is 6.43. The molecule has 0 saturated carbocycles. The molecule has 1 aromatic rings. The molecule has 0 radical (unpaired) electrons. The van der Waals surface area contributed by atoms with Crippen molar-refractivity contribution >= 4 is 23.2 Å². The van der Waals surface area contributed by atoms with Gasteiger partial charge in [0, 0.05) is 18.8 Å². The van der Waals surface area contributed by atoms with Crippen LogP contribution < -0.4 is 5.73 Å². The molecule has 2 N–H and O–H groups in total. The Balaban J connectivity index is 2.20. The molecule has 1 atom stereocenters. The number of nitrogen functional groups attached to an aromatic ring is 1. The zero-order chi connectivity index (χ0) is 13.1. The summed E-state index contributed by atoms with van der Waals surface area (Å²) in [5, 5.41) is 0.442. The van der Waals surface area contributed by atoms with Crippen LogP contribution in [0.15, 0.2) is 18.2 Å². The van der Waals surface area contributed by atoms with E-state index >= 15 is 0 Å². The van der Waals surface area contributed by atoms with Gasteiger partial charge in [-0.15, -0.1) is 0 Å². The zero-order valence-electron chi connectivity index (χ0n) is 10.7. The Hall–Kier alpha value is -1.22. The molecule has 1 aliphatic heterocycles. The number of hydrogen-bond donors (Lipinski definition) is 1. The van der Waals surface area contributed by atoms with Gasteiger partial charge in [-0.05, 0) is 37.3 Å². The van der Waals surface area contributed by atoms with Crippen molar-refractivity contribution in [2.75, 3.05) is 18.8 Å². The highest BCUT2D eigenvalue weighted by Gasteiger charge is 2.23. The van der Waals surface area contributed by atoms with Gasteiger partial charge in [0.05, 0.1) is 10.6 Å². The van der Waals surface area contributed by atoms with Crippen LogP contribution in [0.2, 0.25) is 5.02 Å². The molecule has 98 valence electrons. The van der Waals surface area contributed by atoms with Crippen molar-refractivity contribution in [3.8, 4) is 0 Å². The number of rotatable bonds is 1. The Labute approximate surface area is 113 Å². The number of hydrogen-bond acceptors (Lipinski definition) is 2. The normalized spacial score (nSPS) is 20.6. The van der Waals surface area contributed by atoms with Crippen LogP contribution in [0.5, 0.6) is 0 Å². The van der Waals surface area contributed by atoms with E-state index < -0.39 is 0 Å². The highest BCUT2D eigenvalue weighted by molar-refractivity contribution is 6.34. The minimum absolute atomic E-state index is 0.0350. The van der Waals surface area contributed by atoms with Gasteiger partial charge in [0.1, 0.15) is 0 Å². The molecule has 1 saturated heterocycles. The third-order valence-electron chi connectivity index (χ3n) is 3.56. The smallest absolute Gasteiger partial charge is 0.257 e. The van der Waals surface area contributed by atoms with Crippen LogP contribution in [-0.4, -0.2) is 23.9 Å². The summed E-state index contributed by atoms with van der Waals surface area (Å²) in [5.74, 6) is 0.651. The van der Waals surface area contributed by atoms with E-state index in [1.165, 1.54) is 6.42 Å². The van der Waals surface area contributed by atoms with E-state index in [9.17, 15) is 4.79 Å². The third kappa shape index (κ3) is 2.78. The Morgan fingerprint density at radius 2 is 2.17 bits per heavy atom. The molecule has 1 aromatic carbocycles. The Bertz CT molecular complexity index is 427. The fourth-order valence-electron chi connectivity index (χ4n) is 2.39. The van der Waals surface area contributed by atoms with E-state index in [-0.39, 0.29) is 5.91 Å². The zero-order valence-corrected chi connectivity index (χ0v) is 11.4. The number of anilines is 1.